The lowest BCUT2D eigenvalue weighted by atomic mass is 9.96. The molecule has 1 amide bonds. The Morgan fingerprint density at radius 1 is 1.43 bits per heavy atom. The lowest BCUT2D eigenvalue weighted by molar-refractivity contribution is 0.0747. The molecule has 0 aliphatic carbocycles. The lowest BCUT2D eigenvalue weighted by Crippen LogP contribution is -2.38. The van der Waals surface area contributed by atoms with Crippen molar-refractivity contribution in [3.63, 3.8) is 0 Å². The van der Waals surface area contributed by atoms with Crippen molar-refractivity contribution >= 4 is 11.7 Å². The minimum atomic E-state index is 0.0796. The standard InChI is InChI=1S/C16H26N4O/c1-12-9-14(10-15(17-2)18-12)16(21)20(4)11-13-5-7-19(3)8-6-13/h9-10,13H,5-8,11H2,1-4H3,(H,17,18). The molecule has 0 atom stereocenters. The quantitative estimate of drug-likeness (QED) is 0.919. The zero-order valence-electron chi connectivity index (χ0n) is 13.5. The van der Waals surface area contributed by atoms with E-state index in [4.69, 9.17) is 0 Å². The maximum absolute atomic E-state index is 12.6. The predicted octanol–water partition coefficient (Wildman–Crippen LogP) is 1.85. The second kappa shape index (κ2) is 6.89. The Hall–Kier alpha value is -1.62. The van der Waals surface area contributed by atoms with Crippen molar-refractivity contribution in [1.82, 2.24) is 14.8 Å². The third-order valence-electron chi connectivity index (χ3n) is 4.17. The Kier molecular flexibility index (Phi) is 5.17. The lowest BCUT2D eigenvalue weighted by Gasteiger charge is -2.31. The van der Waals surface area contributed by atoms with Crippen LogP contribution in [0.4, 0.5) is 5.82 Å². The van der Waals surface area contributed by atoms with Crippen LogP contribution in [0.2, 0.25) is 0 Å². The van der Waals surface area contributed by atoms with Gasteiger partial charge >= 0.3 is 0 Å². The monoisotopic (exact) mass is 290 g/mol. The normalized spacial score (nSPS) is 16.8. The summed E-state index contributed by atoms with van der Waals surface area (Å²) in [4.78, 5) is 21.1. The highest BCUT2D eigenvalue weighted by molar-refractivity contribution is 5.94. The summed E-state index contributed by atoms with van der Waals surface area (Å²) in [5, 5.41) is 3.00. The van der Waals surface area contributed by atoms with Crippen LogP contribution in [0, 0.1) is 12.8 Å². The molecule has 1 saturated heterocycles. The highest BCUT2D eigenvalue weighted by Crippen LogP contribution is 2.18. The van der Waals surface area contributed by atoms with Crippen LogP contribution >= 0.6 is 0 Å². The summed E-state index contributed by atoms with van der Waals surface area (Å²) in [6.07, 6.45) is 2.34. The number of anilines is 1. The van der Waals surface area contributed by atoms with E-state index in [1.807, 2.05) is 38.1 Å². The molecule has 2 rings (SSSR count). The Bertz CT molecular complexity index is 495. The molecule has 0 spiro atoms. The van der Waals surface area contributed by atoms with Gasteiger partial charge in [-0.15, -0.1) is 0 Å². The van der Waals surface area contributed by atoms with E-state index in [0.29, 0.717) is 11.5 Å². The number of hydrogen-bond acceptors (Lipinski definition) is 4. The van der Waals surface area contributed by atoms with Gasteiger partial charge in [0.15, 0.2) is 0 Å². The van der Waals surface area contributed by atoms with Crippen LogP contribution in [-0.2, 0) is 0 Å². The van der Waals surface area contributed by atoms with Gasteiger partial charge in [-0.3, -0.25) is 4.79 Å². The topological polar surface area (TPSA) is 48.5 Å². The van der Waals surface area contributed by atoms with Gasteiger partial charge in [0, 0.05) is 31.9 Å². The number of rotatable bonds is 4. The first-order valence-electron chi connectivity index (χ1n) is 7.60. The van der Waals surface area contributed by atoms with Crippen molar-refractivity contribution in [3.05, 3.63) is 23.4 Å². The number of likely N-dealkylation sites (tertiary alicyclic amines) is 1. The second-order valence-electron chi connectivity index (χ2n) is 6.06. The molecule has 1 aliphatic rings. The summed E-state index contributed by atoms with van der Waals surface area (Å²) in [7, 11) is 5.87. The van der Waals surface area contributed by atoms with E-state index in [2.05, 4.69) is 22.2 Å². The molecule has 5 heteroatoms. The van der Waals surface area contributed by atoms with E-state index in [1.54, 1.807) is 0 Å². The smallest absolute Gasteiger partial charge is 0.253 e. The number of carbonyl (C=O) groups excluding carboxylic acids is 1. The molecule has 5 nitrogen and oxygen atoms in total. The van der Waals surface area contributed by atoms with Crippen molar-refractivity contribution in [2.75, 3.05) is 46.1 Å². The van der Waals surface area contributed by atoms with Gasteiger partial charge in [-0.25, -0.2) is 4.98 Å². The molecule has 0 unspecified atom stereocenters. The van der Waals surface area contributed by atoms with Gasteiger partial charge < -0.3 is 15.1 Å². The SMILES string of the molecule is CNc1cc(C(=O)N(C)CC2CCN(C)CC2)cc(C)n1. The van der Waals surface area contributed by atoms with Crippen molar-refractivity contribution in [1.29, 1.82) is 0 Å². The molecular formula is C16H26N4O. The van der Waals surface area contributed by atoms with Crippen LogP contribution in [0.1, 0.15) is 28.9 Å². The maximum Gasteiger partial charge on any atom is 0.253 e. The minimum Gasteiger partial charge on any atom is -0.373 e. The van der Waals surface area contributed by atoms with E-state index in [1.165, 1.54) is 12.8 Å². The van der Waals surface area contributed by atoms with Crippen LogP contribution in [-0.4, -0.2) is 61.5 Å². The van der Waals surface area contributed by atoms with Gasteiger partial charge in [0.1, 0.15) is 5.82 Å². The fraction of sp³-hybridized carbons (Fsp3) is 0.625. The van der Waals surface area contributed by atoms with Crippen molar-refractivity contribution in [3.8, 4) is 0 Å². The summed E-state index contributed by atoms with van der Waals surface area (Å²) in [5.74, 6) is 1.43. The molecule has 1 aromatic rings. The first kappa shape index (κ1) is 15.8. The van der Waals surface area contributed by atoms with Gasteiger partial charge in [0.2, 0.25) is 0 Å². The Labute approximate surface area is 127 Å². The molecule has 0 saturated carbocycles. The minimum absolute atomic E-state index is 0.0796. The van der Waals surface area contributed by atoms with E-state index >= 15 is 0 Å². The third kappa shape index (κ3) is 4.17. The summed E-state index contributed by atoms with van der Waals surface area (Å²) in [6.45, 7) is 5.01. The van der Waals surface area contributed by atoms with Gasteiger partial charge in [0.25, 0.3) is 5.91 Å². The maximum atomic E-state index is 12.6. The summed E-state index contributed by atoms with van der Waals surface area (Å²) >= 11 is 0. The molecule has 0 aromatic carbocycles. The largest absolute Gasteiger partial charge is 0.373 e. The van der Waals surface area contributed by atoms with Gasteiger partial charge in [0.05, 0.1) is 0 Å². The zero-order chi connectivity index (χ0) is 15.4. The molecule has 1 fully saturated rings. The van der Waals surface area contributed by atoms with Gasteiger partial charge in [-0.1, -0.05) is 0 Å². The molecule has 2 heterocycles. The molecule has 21 heavy (non-hydrogen) atoms. The fourth-order valence-electron chi connectivity index (χ4n) is 2.86. The van der Waals surface area contributed by atoms with E-state index < -0.39 is 0 Å². The molecule has 1 aromatic heterocycles. The Morgan fingerprint density at radius 3 is 2.71 bits per heavy atom. The average Bonchev–Trinajstić information content (AvgIpc) is 2.48. The van der Waals surface area contributed by atoms with Gasteiger partial charge in [-0.2, -0.15) is 0 Å². The number of piperidine rings is 1. The fourth-order valence-corrected chi connectivity index (χ4v) is 2.86. The number of pyridine rings is 1. The van der Waals surface area contributed by atoms with Crippen LogP contribution in [0.3, 0.4) is 0 Å². The number of carbonyl (C=O) groups is 1. The summed E-state index contributed by atoms with van der Waals surface area (Å²) < 4.78 is 0. The van der Waals surface area contributed by atoms with Crippen molar-refractivity contribution in [2.45, 2.75) is 19.8 Å². The number of hydrogen-bond donors (Lipinski definition) is 1. The Morgan fingerprint density at radius 2 is 2.10 bits per heavy atom. The van der Waals surface area contributed by atoms with E-state index in [-0.39, 0.29) is 5.91 Å². The Balaban J connectivity index is 2.00. The first-order chi connectivity index (χ1) is 9.99. The second-order valence-corrected chi connectivity index (χ2v) is 6.06. The molecule has 0 radical (unpaired) electrons. The number of nitrogens with one attached hydrogen (secondary N) is 1. The van der Waals surface area contributed by atoms with Crippen LogP contribution in [0.5, 0.6) is 0 Å². The molecule has 116 valence electrons. The highest BCUT2D eigenvalue weighted by Gasteiger charge is 2.21. The summed E-state index contributed by atoms with van der Waals surface area (Å²) in [6, 6.07) is 3.68. The highest BCUT2D eigenvalue weighted by atomic mass is 16.2. The van der Waals surface area contributed by atoms with Crippen LogP contribution in [0.25, 0.3) is 0 Å². The molecular weight excluding hydrogens is 264 g/mol. The third-order valence-corrected chi connectivity index (χ3v) is 4.17. The van der Waals surface area contributed by atoms with E-state index in [0.717, 1.165) is 31.1 Å². The van der Waals surface area contributed by atoms with Crippen molar-refractivity contribution < 1.29 is 4.79 Å². The van der Waals surface area contributed by atoms with Crippen molar-refractivity contribution in [2.24, 2.45) is 5.92 Å². The van der Waals surface area contributed by atoms with E-state index in [9.17, 15) is 4.79 Å². The summed E-state index contributed by atoms with van der Waals surface area (Å²) in [5.41, 5.74) is 1.57. The van der Waals surface area contributed by atoms with Crippen LogP contribution < -0.4 is 5.32 Å². The number of amides is 1. The van der Waals surface area contributed by atoms with Crippen LogP contribution in [0.15, 0.2) is 12.1 Å². The number of aryl methyl sites for hydroxylation is 1. The number of nitrogens with zero attached hydrogens (tertiary/aromatic N) is 3. The molecule has 0 bridgehead atoms. The number of aromatic nitrogens is 1. The predicted molar refractivity (Wildman–Crippen MR) is 85.7 cm³/mol. The van der Waals surface area contributed by atoms with Gasteiger partial charge in [-0.05, 0) is 58.0 Å². The molecule has 1 aliphatic heterocycles. The first-order valence-corrected chi connectivity index (χ1v) is 7.60. The average molecular weight is 290 g/mol. The molecule has 1 N–H and O–H groups in total. The zero-order valence-corrected chi connectivity index (χ0v) is 13.5.